The Morgan fingerprint density at radius 3 is 1.87 bits per heavy atom. The first-order valence-corrected chi connectivity index (χ1v) is 6.52. The SMILES string of the molecule is O=C1c2ccccc2C(=O)C1c1ccc([N+](=O)[O-])cc1[N+](=O)[O-]. The van der Waals surface area contributed by atoms with Crippen LogP contribution in [0.5, 0.6) is 0 Å². The molecule has 0 saturated carbocycles. The molecular weight excluding hydrogens is 304 g/mol. The molecule has 0 bridgehead atoms. The smallest absolute Gasteiger partial charge is 0.280 e. The molecule has 8 heteroatoms. The Morgan fingerprint density at radius 1 is 0.826 bits per heavy atom. The van der Waals surface area contributed by atoms with Crippen LogP contribution in [0.1, 0.15) is 32.2 Å². The Balaban J connectivity index is 2.17. The van der Waals surface area contributed by atoms with E-state index >= 15 is 0 Å². The number of benzene rings is 2. The van der Waals surface area contributed by atoms with Gasteiger partial charge in [-0.05, 0) is 6.07 Å². The summed E-state index contributed by atoms with van der Waals surface area (Å²) in [5.74, 6) is -2.42. The lowest BCUT2D eigenvalue weighted by atomic mass is 9.92. The molecule has 1 aliphatic rings. The van der Waals surface area contributed by atoms with Gasteiger partial charge in [0.15, 0.2) is 11.6 Å². The van der Waals surface area contributed by atoms with Crippen molar-refractivity contribution in [3.8, 4) is 0 Å². The summed E-state index contributed by atoms with van der Waals surface area (Å²) in [6.45, 7) is 0. The fraction of sp³-hybridized carbons (Fsp3) is 0.0667. The van der Waals surface area contributed by atoms with Gasteiger partial charge in [-0.15, -0.1) is 0 Å². The first-order chi connectivity index (χ1) is 10.9. The zero-order valence-corrected chi connectivity index (χ0v) is 11.5. The van der Waals surface area contributed by atoms with Gasteiger partial charge in [-0.1, -0.05) is 24.3 Å². The van der Waals surface area contributed by atoms with Crippen molar-refractivity contribution in [2.24, 2.45) is 0 Å². The minimum atomic E-state index is -1.34. The van der Waals surface area contributed by atoms with E-state index in [1.165, 1.54) is 12.1 Å². The molecule has 0 atom stereocenters. The Morgan fingerprint density at radius 2 is 1.39 bits per heavy atom. The van der Waals surface area contributed by atoms with E-state index in [0.717, 1.165) is 18.2 Å². The van der Waals surface area contributed by atoms with Crippen molar-refractivity contribution in [1.29, 1.82) is 0 Å². The molecule has 0 unspecified atom stereocenters. The maximum Gasteiger partial charge on any atom is 0.280 e. The van der Waals surface area contributed by atoms with Gasteiger partial charge in [-0.2, -0.15) is 0 Å². The second-order valence-corrected chi connectivity index (χ2v) is 4.96. The normalized spacial score (nSPS) is 13.9. The van der Waals surface area contributed by atoms with E-state index in [2.05, 4.69) is 0 Å². The van der Waals surface area contributed by atoms with Crippen LogP contribution in [0.3, 0.4) is 0 Å². The quantitative estimate of drug-likeness (QED) is 0.488. The number of nitro benzene ring substituents is 2. The molecule has 0 aliphatic heterocycles. The number of rotatable bonds is 3. The zero-order valence-electron chi connectivity index (χ0n) is 11.5. The van der Waals surface area contributed by atoms with Crippen molar-refractivity contribution in [1.82, 2.24) is 0 Å². The molecule has 0 spiro atoms. The number of nitrogens with zero attached hydrogens (tertiary/aromatic N) is 2. The predicted octanol–water partition coefficient (Wildman–Crippen LogP) is 2.67. The molecule has 3 rings (SSSR count). The summed E-state index contributed by atoms with van der Waals surface area (Å²) in [5, 5.41) is 22.0. The number of hydrogen-bond donors (Lipinski definition) is 0. The number of nitro groups is 2. The maximum absolute atomic E-state index is 12.4. The first kappa shape index (κ1) is 14.5. The van der Waals surface area contributed by atoms with Gasteiger partial charge in [0, 0.05) is 22.8 Å². The zero-order chi connectivity index (χ0) is 16.7. The molecule has 2 aromatic carbocycles. The van der Waals surface area contributed by atoms with E-state index < -0.39 is 38.7 Å². The fourth-order valence-corrected chi connectivity index (χ4v) is 2.67. The average Bonchev–Trinajstić information content (AvgIpc) is 2.78. The van der Waals surface area contributed by atoms with Crippen molar-refractivity contribution in [3.05, 3.63) is 79.4 Å². The van der Waals surface area contributed by atoms with Gasteiger partial charge in [0.25, 0.3) is 11.4 Å². The van der Waals surface area contributed by atoms with Crippen molar-refractivity contribution >= 4 is 22.9 Å². The number of fused-ring (bicyclic) bond motifs is 1. The second kappa shape index (κ2) is 5.09. The van der Waals surface area contributed by atoms with Crippen LogP contribution in [0.15, 0.2) is 42.5 Å². The highest BCUT2D eigenvalue weighted by atomic mass is 16.6. The van der Waals surface area contributed by atoms with Gasteiger partial charge in [0.1, 0.15) is 5.92 Å². The summed E-state index contributed by atoms with van der Waals surface area (Å²) in [6, 6.07) is 9.06. The van der Waals surface area contributed by atoms with Gasteiger partial charge in [-0.3, -0.25) is 29.8 Å². The molecule has 2 aromatic rings. The molecule has 1 aliphatic carbocycles. The molecule has 8 nitrogen and oxygen atoms in total. The second-order valence-electron chi connectivity index (χ2n) is 4.96. The number of carbonyl (C=O) groups excluding carboxylic acids is 2. The van der Waals surface area contributed by atoms with Gasteiger partial charge >= 0.3 is 0 Å². The standard InChI is InChI=1S/C15H8N2O6/c18-14-9-3-1-2-4-10(9)15(19)13(14)11-6-5-8(16(20)21)7-12(11)17(22)23/h1-7,13H. The monoisotopic (exact) mass is 312 g/mol. The van der Waals surface area contributed by atoms with Gasteiger partial charge < -0.3 is 0 Å². The summed E-state index contributed by atoms with van der Waals surface area (Å²) < 4.78 is 0. The van der Waals surface area contributed by atoms with Crippen molar-refractivity contribution < 1.29 is 19.4 Å². The lowest BCUT2D eigenvalue weighted by Crippen LogP contribution is -2.14. The van der Waals surface area contributed by atoms with Crippen LogP contribution in [0, 0.1) is 20.2 Å². The lowest BCUT2D eigenvalue weighted by molar-refractivity contribution is -0.394. The summed E-state index contributed by atoms with van der Waals surface area (Å²) in [4.78, 5) is 45.2. The number of Topliss-reactive ketones (excluding diaryl/α,β-unsaturated/α-hetero) is 2. The number of hydrogen-bond acceptors (Lipinski definition) is 6. The lowest BCUT2D eigenvalue weighted by Gasteiger charge is -2.08. The van der Waals surface area contributed by atoms with Crippen LogP contribution < -0.4 is 0 Å². The topological polar surface area (TPSA) is 120 Å². The van der Waals surface area contributed by atoms with Crippen molar-refractivity contribution in [2.45, 2.75) is 5.92 Å². The van der Waals surface area contributed by atoms with Crippen LogP contribution in [0.4, 0.5) is 11.4 Å². The molecular formula is C15H8N2O6. The summed E-state index contributed by atoms with van der Waals surface area (Å²) in [7, 11) is 0. The van der Waals surface area contributed by atoms with E-state index in [4.69, 9.17) is 0 Å². The molecule has 0 amide bonds. The van der Waals surface area contributed by atoms with Crippen molar-refractivity contribution in [2.75, 3.05) is 0 Å². The Kier molecular flexibility index (Phi) is 3.21. The van der Waals surface area contributed by atoms with E-state index in [0.29, 0.717) is 0 Å². The predicted molar refractivity (Wildman–Crippen MR) is 77.6 cm³/mol. The Bertz CT molecular complexity index is 854. The minimum absolute atomic E-state index is 0.133. The molecule has 0 radical (unpaired) electrons. The van der Waals surface area contributed by atoms with Crippen LogP contribution in [-0.2, 0) is 0 Å². The summed E-state index contributed by atoms with van der Waals surface area (Å²) in [5.41, 5.74) is -0.813. The maximum atomic E-state index is 12.4. The summed E-state index contributed by atoms with van der Waals surface area (Å²) in [6.07, 6.45) is 0. The summed E-state index contributed by atoms with van der Waals surface area (Å²) >= 11 is 0. The third kappa shape index (κ3) is 2.16. The average molecular weight is 312 g/mol. The highest BCUT2D eigenvalue weighted by Gasteiger charge is 2.42. The third-order valence-electron chi connectivity index (χ3n) is 3.71. The molecule has 0 saturated heterocycles. The number of non-ortho nitro benzene ring substituents is 1. The number of carbonyl (C=O) groups is 2. The molecule has 0 fully saturated rings. The molecule has 0 N–H and O–H groups in total. The molecule has 23 heavy (non-hydrogen) atoms. The highest BCUT2D eigenvalue weighted by Crippen LogP contribution is 2.39. The van der Waals surface area contributed by atoms with Crippen LogP contribution in [-0.4, -0.2) is 21.4 Å². The Labute approximate surface area is 128 Å². The number of ketones is 2. The van der Waals surface area contributed by atoms with E-state index in [1.807, 2.05) is 0 Å². The third-order valence-corrected chi connectivity index (χ3v) is 3.71. The van der Waals surface area contributed by atoms with Gasteiger partial charge in [-0.25, -0.2) is 0 Å². The Hall–Kier alpha value is -3.42. The molecule has 0 heterocycles. The van der Waals surface area contributed by atoms with Crippen LogP contribution in [0.25, 0.3) is 0 Å². The van der Waals surface area contributed by atoms with Gasteiger partial charge in [0.2, 0.25) is 0 Å². The molecule has 114 valence electrons. The highest BCUT2D eigenvalue weighted by molar-refractivity contribution is 6.30. The van der Waals surface area contributed by atoms with Crippen LogP contribution in [0.2, 0.25) is 0 Å². The molecule has 0 aromatic heterocycles. The minimum Gasteiger partial charge on any atom is -0.293 e. The van der Waals surface area contributed by atoms with E-state index in [9.17, 15) is 29.8 Å². The fourth-order valence-electron chi connectivity index (χ4n) is 2.67. The van der Waals surface area contributed by atoms with Crippen LogP contribution >= 0.6 is 0 Å². The van der Waals surface area contributed by atoms with E-state index in [1.54, 1.807) is 12.1 Å². The van der Waals surface area contributed by atoms with E-state index in [-0.39, 0.29) is 16.7 Å². The largest absolute Gasteiger partial charge is 0.293 e. The first-order valence-electron chi connectivity index (χ1n) is 6.52. The van der Waals surface area contributed by atoms with Crippen molar-refractivity contribution in [3.63, 3.8) is 0 Å². The van der Waals surface area contributed by atoms with Gasteiger partial charge in [0.05, 0.1) is 15.9 Å².